The smallest absolute Gasteiger partial charge is 0.252 e. The number of ether oxygens (including phenoxy) is 1. The van der Waals surface area contributed by atoms with Gasteiger partial charge in [0.25, 0.3) is 5.91 Å². The number of methoxy groups -OCH3 is 1. The van der Waals surface area contributed by atoms with Crippen molar-refractivity contribution < 1.29 is 14.3 Å². The first-order chi connectivity index (χ1) is 15.0. The Morgan fingerprint density at radius 3 is 2.23 bits per heavy atom. The fourth-order valence-corrected chi connectivity index (χ4v) is 3.72. The lowest BCUT2D eigenvalue weighted by atomic mass is 10.1. The van der Waals surface area contributed by atoms with E-state index in [2.05, 4.69) is 5.32 Å². The maximum absolute atomic E-state index is 13.1. The van der Waals surface area contributed by atoms with Crippen molar-refractivity contribution in [2.75, 3.05) is 37.5 Å². The zero-order chi connectivity index (χ0) is 22.2. The molecule has 3 aromatic rings. The van der Waals surface area contributed by atoms with Crippen LogP contribution in [-0.4, -0.2) is 39.6 Å². The van der Waals surface area contributed by atoms with Gasteiger partial charge >= 0.3 is 0 Å². The summed E-state index contributed by atoms with van der Waals surface area (Å²) in [6.07, 6.45) is 0.206. The van der Waals surface area contributed by atoms with Crippen LogP contribution >= 0.6 is 11.3 Å². The quantitative estimate of drug-likeness (QED) is 0.546. The van der Waals surface area contributed by atoms with Gasteiger partial charge < -0.3 is 19.9 Å². The summed E-state index contributed by atoms with van der Waals surface area (Å²) in [7, 11) is 5.60. The van der Waals surface area contributed by atoms with Crippen molar-refractivity contribution in [2.24, 2.45) is 0 Å². The standard InChI is InChI=1S/C24H27N3O3S/c1-26(2)20-6-4-18(5-7-20)16-27(21-8-10-22(30-3)11-9-21)23(28)12-14-25-24(29)19-13-15-31-17-19/h4-11,13,15,17H,12,14,16H2,1-3H3,(H,25,29). The number of nitrogens with zero attached hydrogens (tertiary/aromatic N) is 2. The van der Waals surface area contributed by atoms with E-state index in [1.54, 1.807) is 23.5 Å². The number of hydrogen-bond acceptors (Lipinski definition) is 5. The topological polar surface area (TPSA) is 61.9 Å². The minimum Gasteiger partial charge on any atom is -0.497 e. The second-order valence-corrected chi connectivity index (χ2v) is 8.04. The number of nitrogens with one attached hydrogen (secondary N) is 1. The summed E-state index contributed by atoms with van der Waals surface area (Å²) in [6, 6.07) is 17.3. The number of amides is 2. The van der Waals surface area contributed by atoms with E-state index in [-0.39, 0.29) is 24.8 Å². The summed E-state index contributed by atoms with van der Waals surface area (Å²) in [6.45, 7) is 0.719. The summed E-state index contributed by atoms with van der Waals surface area (Å²) in [5.41, 5.74) is 3.52. The lowest BCUT2D eigenvalue weighted by molar-refractivity contribution is -0.118. The van der Waals surface area contributed by atoms with Crippen LogP contribution in [-0.2, 0) is 11.3 Å². The molecule has 162 valence electrons. The third kappa shape index (κ3) is 6.08. The van der Waals surface area contributed by atoms with Gasteiger partial charge in [0, 0.05) is 49.4 Å². The maximum Gasteiger partial charge on any atom is 0.252 e. The van der Waals surface area contributed by atoms with Gasteiger partial charge in [0.05, 0.1) is 13.7 Å². The van der Waals surface area contributed by atoms with E-state index in [9.17, 15) is 9.59 Å². The molecule has 2 amide bonds. The monoisotopic (exact) mass is 437 g/mol. The molecule has 0 bridgehead atoms. The predicted molar refractivity (Wildman–Crippen MR) is 126 cm³/mol. The van der Waals surface area contributed by atoms with Crippen molar-refractivity contribution in [1.82, 2.24) is 5.32 Å². The minimum absolute atomic E-state index is 0.0625. The average Bonchev–Trinajstić information content (AvgIpc) is 3.33. The van der Waals surface area contributed by atoms with Gasteiger partial charge in [-0.15, -0.1) is 0 Å². The molecule has 0 saturated heterocycles. The fourth-order valence-electron chi connectivity index (χ4n) is 3.08. The molecule has 1 N–H and O–H groups in total. The number of hydrogen-bond donors (Lipinski definition) is 1. The maximum atomic E-state index is 13.1. The zero-order valence-corrected chi connectivity index (χ0v) is 18.8. The molecular formula is C24H27N3O3S. The van der Waals surface area contributed by atoms with Crippen LogP contribution in [0.4, 0.5) is 11.4 Å². The molecule has 0 radical (unpaired) electrons. The normalized spacial score (nSPS) is 10.4. The largest absolute Gasteiger partial charge is 0.497 e. The lowest BCUT2D eigenvalue weighted by Gasteiger charge is -2.24. The number of benzene rings is 2. The summed E-state index contributed by atoms with van der Waals surface area (Å²) in [4.78, 5) is 29.0. The second-order valence-electron chi connectivity index (χ2n) is 7.26. The molecule has 0 fully saturated rings. The Morgan fingerprint density at radius 2 is 1.65 bits per heavy atom. The van der Waals surface area contributed by atoms with Gasteiger partial charge in [0.1, 0.15) is 5.75 Å². The Balaban J connectivity index is 1.71. The van der Waals surface area contributed by atoms with Crippen LogP contribution in [0.3, 0.4) is 0 Å². The minimum atomic E-state index is -0.163. The van der Waals surface area contributed by atoms with Gasteiger partial charge in [-0.1, -0.05) is 12.1 Å². The molecule has 31 heavy (non-hydrogen) atoms. The molecule has 0 spiro atoms. The molecule has 6 nitrogen and oxygen atoms in total. The molecule has 0 aliphatic rings. The first-order valence-electron chi connectivity index (χ1n) is 9.99. The van der Waals surface area contributed by atoms with Gasteiger partial charge in [-0.3, -0.25) is 9.59 Å². The highest BCUT2D eigenvalue weighted by Crippen LogP contribution is 2.23. The molecule has 2 aromatic carbocycles. The fraction of sp³-hybridized carbons (Fsp3) is 0.250. The van der Waals surface area contributed by atoms with Crippen molar-refractivity contribution in [3.05, 3.63) is 76.5 Å². The zero-order valence-electron chi connectivity index (χ0n) is 18.0. The third-order valence-electron chi connectivity index (χ3n) is 4.89. The van der Waals surface area contributed by atoms with Gasteiger partial charge in [0.2, 0.25) is 5.91 Å². The van der Waals surface area contributed by atoms with E-state index >= 15 is 0 Å². The molecule has 0 aliphatic carbocycles. The molecule has 7 heteroatoms. The van der Waals surface area contributed by atoms with Gasteiger partial charge in [-0.25, -0.2) is 0 Å². The highest BCUT2D eigenvalue weighted by Gasteiger charge is 2.17. The molecule has 0 unspecified atom stereocenters. The molecular weight excluding hydrogens is 410 g/mol. The Morgan fingerprint density at radius 1 is 0.968 bits per heavy atom. The predicted octanol–water partition coefficient (Wildman–Crippen LogP) is 4.18. The van der Waals surface area contributed by atoms with E-state index in [0.29, 0.717) is 12.1 Å². The van der Waals surface area contributed by atoms with E-state index in [0.717, 1.165) is 22.7 Å². The van der Waals surface area contributed by atoms with Crippen LogP contribution in [0.15, 0.2) is 65.4 Å². The van der Waals surface area contributed by atoms with Crippen LogP contribution in [0.5, 0.6) is 5.75 Å². The summed E-state index contributed by atoms with van der Waals surface area (Å²) >= 11 is 1.47. The molecule has 1 heterocycles. The van der Waals surface area contributed by atoms with Crippen molar-refractivity contribution in [1.29, 1.82) is 0 Å². The lowest BCUT2D eigenvalue weighted by Crippen LogP contribution is -2.34. The van der Waals surface area contributed by atoms with Crippen LogP contribution < -0.4 is 19.9 Å². The number of anilines is 2. The van der Waals surface area contributed by atoms with E-state index in [1.165, 1.54) is 11.3 Å². The van der Waals surface area contributed by atoms with Crippen LogP contribution in [0.2, 0.25) is 0 Å². The molecule has 1 aromatic heterocycles. The van der Waals surface area contributed by atoms with E-state index in [1.807, 2.05) is 72.9 Å². The van der Waals surface area contributed by atoms with Crippen molar-refractivity contribution in [2.45, 2.75) is 13.0 Å². The number of carbonyl (C=O) groups is 2. The van der Waals surface area contributed by atoms with Crippen LogP contribution in [0, 0.1) is 0 Å². The number of carbonyl (C=O) groups excluding carboxylic acids is 2. The number of thiophene rings is 1. The first kappa shape index (κ1) is 22.4. The summed E-state index contributed by atoms with van der Waals surface area (Å²) in [5, 5.41) is 6.46. The SMILES string of the molecule is COc1ccc(N(Cc2ccc(N(C)C)cc2)C(=O)CCNC(=O)c2ccsc2)cc1. The second kappa shape index (κ2) is 10.6. The molecule has 0 saturated carbocycles. The highest BCUT2D eigenvalue weighted by molar-refractivity contribution is 7.08. The first-order valence-corrected chi connectivity index (χ1v) is 10.9. The van der Waals surface area contributed by atoms with Crippen molar-refractivity contribution in [3.8, 4) is 5.75 Å². The van der Waals surface area contributed by atoms with Crippen LogP contribution in [0.25, 0.3) is 0 Å². The van der Waals surface area contributed by atoms with E-state index in [4.69, 9.17) is 4.74 Å². The van der Waals surface area contributed by atoms with Gasteiger partial charge in [0.15, 0.2) is 0 Å². The Hall–Kier alpha value is -3.32. The summed E-state index contributed by atoms with van der Waals surface area (Å²) in [5.74, 6) is 0.506. The highest BCUT2D eigenvalue weighted by atomic mass is 32.1. The molecule has 0 aliphatic heterocycles. The Labute approximate surface area is 187 Å². The molecule has 3 rings (SSSR count). The van der Waals surface area contributed by atoms with E-state index < -0.39 is 0 Å². The Bertz CT molecular complexity index is 984. The van der Waals surface area contributed by atoms with Gasteiger partial charge in [-0.05, 0) is 53.4 Å². The number of rotatable bonds is 9. The third-order valence-corrected chi connectivity index (χ3v) is 5.57. The Kier molecular flexibility index (Phi) is 7.67. The van der Waals surface area contributed by atoms with Crippen molar-refractivity contribution >= 4 is 34.5 Å². The molecule has 0 atom stereocenters. The summed E-state index contributed by atoms with van der Waals surface area (Å²) < 4.78 is 5.24. The van der Waals surface area contributed by atoms with Gasteiger partial charge in [-0.2, -0.15) is 11.3 Å². The average molecular weight is 438 g/mol. The van der Waals surface area contributed by atoms with Crippen LogP contribution in [0.1, 0.15) is 22.3 Å². The van der Waals surface area contributed by atoms with Crippen molar-refractivity contribution in [3.63, 3.8) is 0 Å².